The first-order valence-electron chi connectivity index (χ1n) is 5.41. The normalized spacial score (nSPS) is 12.6. The topological polar surface area (TPSA) is 84.2 Å². The number of nitrogens with one attached hydrogen (secondary N) is 1. The van der Waals surface area contributed by atoms with Crippen LogP contribution in [-0.2, 0) is 0 Å². The molecule has 0 aromatic carbocycles. The van der Waals surface area contributed by atoms with Gasteiger partial charge in [0.05, 0.1) is 4.92 Å². The van der Waals surface area contributed by atoms with E-state index in [4.69, 9.17) is 11.6 Å². The van der Waals surface area contributed by atoms with Gasteiger partial charge >= 0.3 is 5.69 Å². The Labute approximate surface area is 110 Å². The Morgan fingerprint density at radius 2 is 2.11 bits per heavy atom. The largest absolute Gasteiger partial charge is 0.360 e. The van der Waals surface area contributed by atoms with Crippen molar-refractivity contribution in [2.45, 2.75) is 19.9 Å². The van der Waals surface area contributed by atoms with Crippen molar-refractivity contribution in [2.75, 3.05) is 26.0 Å². The number of aromatic nitrogens is 2. The molecule has 0 spiro atoms. The van der Waals surface area contributed by atoms with E-state index < -0.39 is 4.92 Å². The average Bonchev–Trinajstić information content (AvgIpc) is 2.12. The lowest BCUT2D eigenvalue weighted by molar-refractivity contribution is -0.385. The van der Waals surface area contributed by atoms with Gasteiger partial charge in [0.25, 0.3) is 0 Å². The van der Waals surface area contributed by atoms with Crippen LogP contribution in [-0.4, -0.2) is 46.5 Å². The summed E-state index contributed by atoms with van der Waals surface area (Å²) in [7, 11) is 3.84. The van der Waals surface area contributed by atoms with Gasteiger partial charge in [-0.3, -0.25) is 10.1 Å². The van der Waals surface area contributed by atoms with Crippen LogP contribution in [0.1, 0.15) is 12.6 Å². The summed E-state index contributed by atoms with van der Waals surface area (Å²) in [5.41, 5.74) is 0.115. The highest BCUT2D eigenvalue weighted by atomic mass is 35.5. The Kier molecular flexibility index (Phi) is 4.80. The highest BCUT2D eigenvalue weighted by Crippen LogP contribution is 2.26. The van der Waals surface area contributed by atoms with Crippen LogP contribution in [0.3, 0.4) is 0 Å². The number of rotatable bonds is 5. The third-order valence-corrected chi connectivity index (χ3v) is 2.40. The molecule has 1 unspecified atom stereocenters. The molecule has 8 heteroatoms. The van der Waals surface area contributed by atoms with Crippen LogP contribution < -0.4 is 5.32 Å². The molecule has 0 saturated carbocycles. The highest BCUT2D eigenvalue weighted by Gasteiger charge is 2.22. The summed E-state index contributed by atoms with van der Waals surface area (Å²) in [5.74, 6) is 0.159. The Bertz CT molecular complexity index is 452. The average molecular weight is 274 g/mol. The van der Waals surface area contributed by atoms with Gasteiger partial charge < -0.3 is 10.2 Å². The molecule has 0 radical (unpaired) electrons. The molecule has 7 nitrogen and oxygen atoms in total. The summed E-state index contributed by atoms with van der Waals surface area (Å²) in [5, 5.41) is 14.0. The van der Waals surface area contributed by atoms with Crippen LogP contribution in [0, 0.1) is 17.0 Å². The molecular formula is C10H16ClN5O2. The Hall–Kier alpha value is -1.47. The molecule has 18 heavy (non-hydrogen) atoms. The summed E-state index contributed by atoms with van der Waals surface area (Å²) in [4.78, 5) is 20.1. The molecular weight excluding hydrogens is 258 g/mol. The minimum atomic E-state index is -0.504. The second-order valence-corrected chi connectivity index (χ2v) is 4.68. The van der Waals surface area contributed by atoms with E-state index in [9.17, 15) is 10.1 Å². The van der Waals surface area contributed by atoms with Crippen LogP contribution in [0.25, 0.3) is 0 Å². The quantitative estimate of drug-likeness (QED) is 0.499. The molecule has 0 saturated heterocycles. The predicted molar refractivity (Wildman–Crippen MR) is 70.1 cm³/mol. The van der Waals surface area contributed by atoms with Gasteiger partial charge in [0.2, 0.25) is 11.1 Å². The predicted octanol–water partition coefficient (Wildman–Crippen LogP) is 1.71. The van der Waals surface area contributed by atoms with E-state index in [2.05, 4.69) is 15.3 Å². The number of halogens is 1. The van der Waals surface area contributed by atoms with Crippen LogP contribution in [0.5, 0.6) is 0 Å². The van der Waals surface area contributed by atoms with E-state index in [-0.39, 0.29) is 28.5 Å². The maximum Gasteiger partial charge on any atom is 0.332 e. The van der Waals surface area contributed by atoms with Crippen molar-refractivity contribution >= 4 is 23.1 Å². The van der Waals surface area contributed by atoms with Crippen molar-refractivity contribution in [3.05, 3.63) is 21.1 Å². The molecule has 1 N–H and O–H groups in total. The van der Waals surface area contributed by atoms with Crippen LogP contribution in [0.4, 0.5) is 11.5 Å². The molecule has 0 aliphatic rings. The number of nitro groups is 1. The molecule has 1 rings (SSSR count). The fraction of sp³-hybridized carbons (Fsp3) is 0.600. The van der Waals surface area contributed by atoms with Crippen molar-refractivity contribution < 1.29 is 4.92 Å². The number of hydrogen-bond donors (Lipinski definition) is 1. The van der Waals surface area contributed by atoms with Gasteiger partial charge in [-0.15, -0.1) is 0 Å². The highest BCUT2D eigenvalue weighted by molar-refractivity contribution is 6.28. The lowest BCUT2D eigenvalue weighted by Gasteiger charge is -2.18. The fourth-order valence-corrected chi connectivity index (χ4v) is 1.89. The zero-order valence-corrected chi connectivity index (χ0v) is 11.5. The van der Waals surface area contributed by atoms with Gasteiger partial charge in [0.1, 0.15) is 5.69 Å². The molecule has 0 amide bonds. The van der Waals surface area contributed by atoms with Crippen molar-refractivity contribution in [1.82, 2.24) is 14.9 Å². The van der Waals surface area contributed by atoms with Crippen molar-refractivity contribution in [3.8, 4) is 0 Å². The van der Waals surface area contributed by atoms with Crippen LogP contribution in [0.15, 0.2) is 0 Å². The van der Waals surface area contributed by atoms with E-state index in [1.54, 1.807) is 0 Å². The molecule has 1 aromatic rings. The number of nitrogens with zero attached hydrogens (tertiary/aromatic N) is 4. The van der Waals surface area contributed by atoms with E-state index in [1.807, 2.05) is 25.9 Å². The Balaban J connectivity index is 3.03. The van der Waals surface area contributed by atoms with Gasteiger partial charge in [-0.25, -0.2) is 4.98 Å². The Morgan fingerprint density at radius 1 is 1.50 bits per heavy atom. The van der Waals surface area contributed by atoms with Gasteiger partial charge in [0.15, 0.2) is 0 Å². The first kappa shape index (κ1) is 14.6. The standard InChI is InChI=1S/C10H16ClN5O2/c1-6(5-15(3)4)12-9-8(16(17)18)7(2)13-10(11)14-9/h6H,5H2,1-4H3,(H,12,13,14). The molecule has 100 valence electrons. The number of anilines is 1. The van der Waals surface area contributed by atoms with Gasteiger partial charge in [-0.1, -0.05) is 0 Å². The van der Waals surface area contributed by atoms with Crippen molar-refractivity contribution in [1.29, 1.82) is 0 Å². The van der Waals surface area contributed by atoms with Crippen molar-refractivity contribution in [3.63, 3.8) is 0 Å². The number of aryl methyl sites for hydroxylation is 1. The van der Waals surface area contributed by atoms with E-state index in [0.717, 1.165) is 6.54 Å². The summed E-state index contributed by atoms with van der Waals surface area (Å²) in [6.07, 6.45) is 0. The minimum absolute atomic E-state index is 0.00217. The molecule has 0 aliphatic carbocycles. The molecule has 0 fully saturated rings. The zero-order valence-electron chi connectivity index (χ0n) is 10.8. The smallest absolute Gasteiger partial charge is 0.332 e. The van der Waals surface area contributed by atoms with Gasteiger partial charge in [-0.05, 0) is 39.5 Å². The molecule has 1 heterocycles. The third kappa shape index (κ3) is 3.78. The molecule has 0 aliphatic heterocycles. The second-order valence-electron chi connectivity index (χ2n) is 4.34. The lowest BCUT2D eigenvalue weighted by Crippen LogP contribution is -2.30. The molecule has 1 aromatic heterocycles. The SMILES string of the molecule is Cc1nc(Cl)nc(NC(C)CN(C)C)c1[N+](=O)[O-]. The van der Waals surface area contributed by atoms with Crippen LogP contribution in [0.2, 0.25) is 5.28 Å². The summed E-state index contributed by atoms with van der Waals surface area (Å²) in [6, 6.07) is 0.00377. The first-order valence-corrected chi connectivity index (χ1v) is 5.79. The van der Waals surface area contributed by atoms with Crippen molar-refractivity contribution in [2.24, 2.45) is 0 Å². The van der Waals surface area contributed by atoms with Gasteiger partial charge in [-0.2, -0.15) is 4.98 Å². The Morgan fingerprint density at radius 3 is 2.61 bits per heavy atom. The maximum absolute atomic E-state index is 11.0. The number of hydrogen-bond acceptors (Lipinski definition) is 6. The van der Waals surface area contributed by atoms with E-state index in [0.29, 0.717) is 0 Å². The molecule has 0 bridgehead atoms. The fourth-order valence-electron chi connectivity index (χ4n) is 1.68. The van der Waals surface area contributed by atoms with Gasteiger partial charge in [0, 0.05) is 12.6 Å². The van der Waals surface area contributed by atoms with E-state index in [1.165, 1.54) is 6.92 Å². The first-order chi connectivity index (χ1) is 8.31. The number of likely N-dealkylation sites (N-methyl/N-ethyl adjacent to an activating group) is 1. The summed E-state index contributed by atoms with van der Waals surface area (Å²) in [6.45, 7) is 4.17. The molecule has 1 atom stereocenters. The van der Waals surface area contributed by atoms with E-state index >= 15 is 0 Å². The maximum atomic E-state index is 11.0. The third-order valence-electron chi connectivity index (χ3n) is 2.24. The minimum Gasteiger partial charge on any atom is -0.360 e. The monoisotopic (exact) mass is 273 g/mol. The lowest BCUT2D eigenvalue weighted by atomic mass is 10.3. The van der Waals surface area contributed by atoms with Crippen LogP contribution >= 0.6 is 11.6 Å². The zero-order chi connectivity index (χ0) is 13.9. The summed E-state index contributed by atoms with van der Waals surface area (Å²) < 4.78 is 0. The summed E-state index contributed by atoms with van der Waals surface area (Å²) >= 11 is 5.72. The second kappa shape index (κ2) is 5.92.